The van der Waals surface area contributed by atoms with Crippen LogP contribution in [-0.2, 0) is 4.84 Å². The van der Waals surface area contributed by atoms with E-state index in [-0.39, 0.29) is 0 Å². The summed E-state index contributed by atoms with van der Waals surface area (Å²) in [7, 11) is 0. The monoisotopic (exact) mass is 282 g/mol. The van der Waals surface area contributed by atoms with E-state index in [9.17, 15) is 0 Å². The third-order valence-electron chi connectivity index (χ3n) is 2.89. The van der Waals surface area contributed by atoms with Crippen LogP contribution in [0.25, 0.3) is 5.01 Å². The lowest BCUT2D eigenvalue weighted by molar-refractivity contribution is 0.0583. The lowest BCUT2D eigenvalue weighted by atomic mass is 9.94. The van der Waals surface area contributed by atoms with Gasteiger partial charge in [-0.1, -0.05) is 45.0 Å². The molecule has 2 unspecified atom stereocenters. The highest BCUT2D eigenvalue weighted by Crippen LogP contribution is 2.23. The zero-order valence-electron chi connectivity index (χ0n) is 13.8. The summed E-state index contributed by atoms with van der Waals surface area (Å²) in [6.45, 7) is 12.1. The zero-order chi connectivity index (χ0) is 15.8. The number of nitrogens with zero attached hydrogens (tertiary/aromatic N) is 2. The van der Waals surface area contributed by atoms with Crippen LogP contribution in [-0.4, -0.2) is 11.8 Å². The van der Waals surface area contributed by atoms with Crippen molar-refractivity contribution in [2.24, 2.45) is 11.1 Å². The largest absolute Gasteiger partial charge is 0.498 e. The summed E-state index contributed by atoms with van der Waals surface area (Å²) < 4.78 is 0. The molecule has 0 aromatic rings. The first-order valence-electron chi connectivity index (χ1n) is 7.46. The second kappa shape index (κ2) is 15.6. The maximum Gasteiger partial charge on any atom is 0.294 e. The van der Waals surface area contributed by atoms with Crippen LogP contribution in [0.1, 0.15) is 67.2 Å². The van der Waals surface area contributed by atoms with E-state index in [0.717, 1.165) is 18.6 Å². The van der Waals surface area contributed by atoms with Crippen molar-refractivity contribution in [1.82, 2.24) is 0 Å². The van der Waals surface area contributed by atoms with Crippen molar-refractivity contribution in [3.05, 3.63) is 22.4 Å². The van der Waals surface area contributed by atoms with Crippen molar-refractivity contribution >= 4 is 5.71 Å². The van der Waals surface area contributed by atoms with Crippen LogP contribution in [0, 0.1) is 17.2 Å². The summed E-state index contributed by atoms with van der Waals surface area (Å²) in [4.78, 5) is 5.21. The molecule has 1 aliphatic heterocycles. The summed E-state index contributed by atoms with van der Waals surface area (Å²) in [6, 6.07) is 2.00. The molecule has 0 aromatic heterocycles. The van der Waals surface area contributed by atoms with Gasteiger partial charge in [-0.2, -0.15) is 0 Å². The predicted octanol–water partition coefficient (Wildman–Crippen LogP) is 5.40. The van der Waals surface area contributed by atoms with Gasteiger partial charge in [-0.25, -0.2) is 0 Å². The Labute approximate surface area is 124 Å². The lowest BCUT2D eigenvalue weighted by Crippen LogP contribution is -2.19. The molecule has 0 bridgehead atoms. The van der Waals surface area contributed by atoms with Crippen molar-refractivity contribution < 1.29 is 4.84 Å². The maximum absolute atomic E-state index is 8.81. The highest BCUT2D eigenvalue weighted by molar-refractivity contribution is 5.85. The van der Waals surface area contributed by atoms with Gasteiger partial charge < -0.3 is 10.0 Å². The van der Waals surface area contributed by atoms with Crippen LogP contribution in [0.3, 0.4) is 0 Å². The molecule has 1 aliphatic rings. The van der Waals surface area contributed by atoms with Crippen LogP contribution < -0.4 is 0 Å². The molecule has 0 saturated heterocycles. The molecule has 0 saturated carbocycles. The molecular weight excluding hydrogens is 252 g/mol. The SMILES string of the molecule is CC#[N+][O-].CC/C=C\CC.CCC1ON=C(C)C1CC. The number of hydrogen-bond donors (Lipinski definition) is 0. The Bertz CT molecular complexity index is 315. The number of oxime groups is 1. The zero-order valence-corrected chi connectivity index (χ0v) is 13.8. The van der Waals surface area contributed by atoms with E-state index in [1.54, 1.807) is 0 Å². The summed E-state index contributed by atoms with van der Waals surface area (Å²) in [5.41, 5.74) is 1.16. The van der Waals surface area contributed by atoms with Crippen LogP contribution in [0.15, 0.2) is 17.3 Å². The van der Waals surface area contributed by atoms with Gasteiger partial charge in [-0.3, -0.25) is 0 Å². The second-order valence-electron chi connectivity index (χ2n) is 4.40. The second-order valence-corrected chi connectivity index (χ2v) is 4.40. The minimum atomic E-state index is 0.352. The first-order valence-corrected chi connectivity index (χ1v) is 7.46. The van der Waals surface area contributed by atoms with Gasteiger partial charge in [0.25, 0.3) is 6.07 Å². The van der Waals surface area contributed by atoms with Crippen LogP contribution in [0.2, 0.25) is 0 Å². The summed E-state index contributed by atoms with van der Waals surface area (Å²) in [5.74, 6) is 0.574. The Morgan fingerprint density at radius 2 is 1.70 bits per heavy atom. The molecule has 0 radical (unpaired) electrons. The van der Waals surface area contributed by atoms with E-state index < -0.39 is 0 Å². The molecule has 1 heterocycles. The van der Waals surface area contributed by atoms with Crippen LogP contribution in [0.5, 0.6) is 0 Å². The molecule has 4 nitrogen and oxygen atoms in total. The molecule has 0 aromatic carbocycles. The highest BCUT2D eigenvalue weighted by Gasteiger charge is 2.27. The third-order valence-corrected chi connectivity index (χ3v) is 2.89. The van der Waals surface area contributed by atoms with Gasteiger partial charge in [-0.15, -0.1) is 0 Å². The summed E-state index contributed by atoms with van der Waals surface area (Å²) >= 11 is 0. The molecule has 0 aliphatic carbocycles. The molecule has 2 atom stereocenters. The van der Waals surface area contributed by atoms with Gasteiger partial charge in [0.2, 0.25) is 0 Å². The molecular formula is C16H30N2O2. The minimum Gasteiger partial charge on any atom is -0.498 e. The average molecular weight is 282 g/mol. The molecule has 0 amide bonds. The first kappa shape index (κ1) is 20.8. The molecule has 0 fully saturated rings. The predicted molar refractivity (Wildman–Crippen MR) is 88.1 cm³/mol. The Morgan fingerprint density at radius 1 is 1.20 bits per heavy atom. The van der Waals surface area contributed by atoms with E-state index in [1.165, 1.54) is 19.8 Å². The number of allylic oxidation sites excluding steroid dienone is 2. The normalized spacial score (nSPS) is 19.6. The third kappa shape index (κ3) is 10.4. The van der Waals surface area contributed by atoms with E-state index in [4.69, 9.17) is 10.0 Å². The Kier molecular flexibility index (Phi) is 16.2. The molecule has 20 heavy (non-hydrogen) atoms. The van der Waals surface area contributed by atoms with Crippen LogP contribution >= 0.6 is 0 Å². The lowest BCUT2D eigenvalue weighted by Gasteiger charge is -2.12. The average Bonchev–Trinajstić information content (AvgIpc) is 2.86. The van der Waals surface area contributed by atoms with Crippen molar-refractivity contribution in [1.29, 1.82) is 0 Å². The smallest absolute Gasteiger partial charge is 0.294 e. The first-order chi connectivity index (χ1) is 9.62. The van der Waals surface area contributed by atoms with Crippen molar-refractivity contribution in [2.75, 3.05) is 0 Å². The number of hydrogen-bond acceptors (Lipinski definition) is 3. The fourth-order valence-corrected chi connectivity index (χ4v) is 1.81. The van der Waals surface area contributed by atoms with E-state index >= 15 is 0 Å². The standard InChI is InChI=1S/C8H15NO.C6H12.C2H3NO/c1-4-7-6(3)9-10-8(7)5-2;1-3-5-6-4-2;1-2-3-4/h7-8H,4-5H2,1-3H3;5-6H,3-4H2,1-2H3;1H3/b;6-5-;. The fraction of sp³-hybridized carbons (Fsp3) is 0.750. The van der Waals surface area contributed by atoms with Crippen molar-refractivity contribution in [3.8, 4) is 6.07 Å². The van der Waals surface area contributed by atoms with E-state index in [2.05, 4.69) is 50.0 Å². The van der Waals surface area contributed by atoms with Gasteiger partial charge >= 0.3 is 0 Å². The van der Waals surface area contributed by atoms with E-state index in [0.29, 0.717) is 12.0 Å². The Hall–Kier alpha value is -1.50. The van der Waals surface area contributed by atoms with Crippen molar-refractivity contribution in [3.63, 3.8) is 0 Å². The fourth-order valence-electron chi connectivity index (χ4n) is 1.81. The summed E-state index contributed by atoms with van der Waals surface area (Å²) in [5, 5.41) is 15.0. The van der Waals surface area contributed by atoms with Gasteiger partial charge in [-0.05, 0) is 32.6 Å². The summed E-state index contributed by atoms with van der Waals surface area (Å²) in [6.07, 6.45) is 9.28. The van der Waals surface area contributed by atoms with Crippen molar-refractivity contribution in [2.45, 2.75) is 73.3 Å². The molecule has 0 spiro atoms. The highest BCUT2D eigenvalue weighted by atomic mass is 16.6. The molecule has 116 valence electrons. The Balaban J connectivity index is 0. The minimum absolute atomic E-state index is 0.352. The van der Waals surface area contributed by atoms with Gasteiger partial charge in [0.15, 0.2) is 0 Å². The van der Waals surface area contributed by atoms with Gasteiger partial charge in [0.05, 0.1) is 12.6 Å². The van der Waals surface area contributed by atoms with Gasteiger partial charge in [0.1, 0.15) is 6.10 Å². The molecule has 4 heteroatoms. The topological polar surface area (TPSA) is 49.0 Å². The molecule has 1 rings (SSSR count). The molecule has 0 N–H and O–H groups in total. The quantitative estimate of drug-likeness (QED) is 0.512. The van der Waals surface area contributed by atoms with E-state index in [1.807, 2.05) is 13.0 Å². The van der Waals surface area contributed by atoms with Crippen LogP contribution in [0.4, 0.5) is 0 Å². The maximum atomic E-state index is 8.81. The number of rotatable bonds is 4. The van der Waals surface area contributed by atoms with Gasteiger partial charge in [0, 0.05) is 10.9 Å². The Morgan fingerprint density at radius 3 is 1.95 bits per heavy atom.